The zero-order valence-electron chi connectivity index (χ0n) is 15.4. The van der Waals surface area contributed by atoms with Gasteiger partial charge in [-0.05, 0) is 48.7 Å². The first-order chi connectivity index (χ1) is 13.9. The van der Waals surface area contributed by atoms with Gasteiger partial charge >= 0.3 is 6.18 Å². The topological polar surface area (TPSA) is 80.5 Å². The lowest BCUT2D eigenvalue weighted by molar-refractivity contribution is -0.137. The first kappa shape index (κ1) is 19.6. The predicted molar refractivity (Wildman–Crippen MR) is 103 cm³/mol. The first-order valence-electron chi connectivity index (χ1n) is 9.30. The first-order valence-corrected chi connectivity index (χ1v) is 9.30. The number of hydrogen-bond acceptors (Lipinski definition) is 6. The fraction of sp³-hybridized carbons (Fsp3) is 0.316. The average molecular weight is 406 g/mol. The van der Waals surface area contributed by atoms with Gasteiger partial charge in [0.25, 0.3) is 5.91 Å². The van der Waals surface area contributed by atoms with Gasteiger partial charge in [0.1, 0.15) is 6.17 Å². The van der Waals surface area contributed by atoms with Crippen molar-refractivity contribution in [3.8, 4) is 0 Å². The highest BCUT2D eigenvalue weighted by Crippen LogP contribution is 2.36. The molecule has 0 saturated carbocycles. The molecule has 2 heterocycles. The van der Waals surface area contributed by atoms with E-state index in [0.29, 0.717) is 11.3 Å². The fourth-order valence-electron chi connectivity index (χ4n) is 3.49. The Morgan fingerprint density at radius 2 is 1.66 bits per heavy atom. The summed E-state index contributed by atoms with van der Waals surface area (Å²) < 4.78 is 39.5. The van der Waals surface area contributed by atoms with Gasteiger partial charge in [-0.15, -0.1) is 0 Å². The maximum absolute atomic E-state index is 13.2. The third kappa shape index (κ3) is 4.35. The lowest BCUT2D eigenvalue weighted by Crippen LogP contribution is -2.33. The largest absolute Gasteiger partial charge is 0.416 e. The molecule has 0 radical (unpaired) electrons. The van der Waals surface area contributed by atoms with Gasteiger partial charge in [-0.3, -0.25) is 4.79 Å². The zero-order valence-corrected chi connectivity index (χ0v) is 15.4. The number of anilines is 2. The molecule has 0 atom stereocenters. The van der Waals surface area contributed by atoms with Crippen molar-refractivity contribution in [2.45, 2.75) is 25.2 Å². The molecule has 4 rings (SSSR count). The van der Waals surface area contributed by atoms with E-state index < -0.39 is 17.6 Å². The normalized spacial score (nSPS) is 17.7. The Labute approximate surface area is 165 Å². The van der Waals surface area contributed by atoms with E-state index in [4.69, 9.17) is 0 Å². The number of rotatable bonds is 4. The van der Waals surface area contributed by atoms with Crippen LogP contribution in [0.4, 0.5) is 24.5 Å². The minimum atomic E-state index is -4.48. The molecule has 0 aliphatic carbocycles. The Balaban J connectivity index is 1.57. The van der Waals surface area contributed by atoms with Gasteiger partial charge in [-0.2, -0.15) is 24.2 Å². The zero-order chi connectivity index (χ0) is 20.4. The van der Waals surface area contributed by atoms with E-state index in [1.54, 1.807) is 24.3 Å². The fourth-order valence-corrected chi connectivity index (χ4v) is 3.49. The van der Waals surface area contributed by atoms with E-state index in [1.165, 1.54) is 6.07 Å². The minimum Gasteiger partial charge on any atom is -0.370 e. The lowest BCUT2D eigenvalue weighted by Gasteiger charge is -2.23. The molecule has 2 aliphatic rings. The number of nitrogens with zero attached hydrogens (tertiary/aromatic N) is 1. The number of benzene rings is 2. The van der Waals surface area contributed by atoms with Crippen LogP contribution in [-0.4, -0.2) is 19.0 Å². The summed E-state index contributed by atoms with van der Waals surface area (Å²) in [6.07, 6.45) is -2.70. The molecule has 2 aromatic rings. The standard InChI is InChI=1S/C19H21F3N6O/c20-19(21,22)14-7-8-16(28-9-1-2-10-28)15(11-14)23-18(29)13-5-3-12(4-6-13)17-24-26-27-25-17/h3-8,11,17,24-27H,1-2,9-10H2,(H,23,29). The van der Waals surface area contributed by atoms with Crippen molar-refractivity contribution < 1.29 is 18.0 Å². The van der Waals surface area contributed by atoms with Crippen molar-refractivity contribution in [1.82, 2.24) is 21.9 Å². The Morgan fingerprint density at radius 3 is 2.28 bits per heavy atom. The molecule has 1 amide bonds. The van der Waals surface area contributed by atoms with Gasteiger partial charge in [0.2, 0.25) is 0 Å². The number of hydrogen-bond donors (Lipinski definition) is 5. The van der Waals surface area contributed by atoms with Crippen LogP contribution in [0, 0.1) is 0 Å². The Kier molecular flexibility index (Phi) is 5.41. The predicted octanol–water partition coefficient (Wildman–Crippen LogP) is 2.67. The highest BCUT2D eigenvalue weighted by atomic mass is 19.4. The molecule has 10 heteroatoms. The van der Waals surface area contributed by atoms with Crippen molar-refractivity contribution in [2.24, 2.45) is 0 Å². The second kappa shape index (κ2) is 7.99. The van der Waals surface area contributed by atoms with Crippen LogP contribution in [0.15, 0.2) is 42.5 Å². The van der Waals surface area contributed by atoms with Crippen LogP contribution in [0.25, 0.3) is 0 Å². The van der Waals surface area contributed by atoms with Gasteiger partial charge < -0.3 is 10.2 Å². The summed E-state index contributed by atoms with van der Waals surface area (Å²) in [4.78, 5) is 14.7. The molecule has 29 heavy (non-hydrogen) atoms. The smallest absolute Gasteiger partial charge is 0.370 e. The quantitative estimate of drug-likeness (QED) is 0.537. The van der Waals surface area contributed by atoms with E-state index in [2.05, 4.69) is 27.2 Å². The molecule has 2 saturated heterocycles. The summed E-state index contributed by atoms with van der Waals surface area (Å²) in [7, 11) is 0. The van der Waals surface area contributed by atoms with E-state index in [-0.39, 0.29) is 11.9 Å². The lowest BCUT2D eigenvalue weighted by atomic mass is 10.1. The molecule has 154 valence electrons. The number of carbonyl (C=O) groups is 1. The van der Waals surface area contributed by atoms with Crippen molar-refractivity contribution in [3.05, 3.63) is 59.2 Å². The van der Waals surface area contributed by atoms with Crippen LogP contribution in [0.5, 0.6) is 0 Å². The number of carbonyl (C=O) groups excluding carboxylic acids is 1. The van der Waals surface area contributed by atoms with Gasteiger partial charge in [0.15, 0.2) is 0 Å². The van der Waals surface area contributed by atoms with E-state index in [1.807, 2.05) is 4.90 Å². The molecule has 2 aromatic carbocycles. The molecule has 7 nitrogen and oxygen atoms in total. The molecule has 0 spiro atoms. The van der Waals surface area contributed by atoms with Crippen molar-refractivity contribution in [3.63, 3.8) is 0 Å². The Bertz CT molecular complexity index is 875. The summed E-state index contributed by atoms with van der Waals surface area (Å²) >= 11 is 0. The van der Waals surface area contributed by atoms with E-state index in [9.17, 15) is 18.0 Å². The molecule has 0 bridgehead atoms. The summed E-state index contributed by atoms with van der Waals surface area (Å²) in [5.41, 5.74) is 12.5. The molecule has 0 aromatic heterocycles. The highest BCUT2D eigenvalue weighted by molar-refractivity contribution is 6.06. The van der Waals surface area contributed by atoms with Crippen LogP contribution in [-0.2, 0) is 6.18 Å². The van der Waals surface area contributed by atoms with Crippen molar-refractivity contribution >= 4 is 17.3 Å². The minimum absolute atomic E-state index is 0.169. The van der Waals surface area contributed by atoms with Crippen molar-refractivity contribution in [2.75, 3.05) is 23.3 Å². The molecule has 2 aliphatic heterocycles. The number of halogens is 3. The van der Waals surface area contributed by atoms with Crippen LogP contribution in [0.1, 0.15) is 40.5 Å². The van der Waals surface area contributed by atoms with E-state index >= 15 is 0 Å². The van der Waals surface area contributed by atoms with Crippen LogP contribution < -0.4 is 32.1 Å². The maximum Gasteiger partial charge on any atom is 0.416 e. The van der Waals surface area contributed by atoms with Crippen LogP contribution in [0.2, 0.25) is 0 Å². The van der Waals surface area contributed by atoms with Crippen LogP contribution in [0.3, 0.4) is 0 Å². The molecule has 0 unspecified atom stereocenters. The third-order valence-electron chi connectivity index (χ3n) is 5.02. The summed E-state index contributed by atoms with van der Waals surface area (Å²) in [6.45, 7) is 1.51. The maximum atomic E-state index is 13.2. The average Bonchev–Trinajstić information content (AvgIpc) is 3.41. The number of nitrogens with one attached hydrogen (secondary N) is 5. The van der Waals surface area contributed by atoms with Gasteiger partial charge in [-0.1, -0.05) is 12.1 Å². The third-order valence-corrected chi connectivity index (χ3v) is 5.02. The second-order valence-electron chi connectivity index (χ2n) is 6.97. The summed E-state index contributed by atoms with van der Waals surface area (Å²) in [6, 6.07) is 10.3. The molecular weight excluding hydrogens is 385 g/mol. The second-order valence-corrected chi connectivity index (χ2v) is 6.97. The van der Waals surface area contributed by atoms with Gasteiger partial charge in [-0.25, -0.2) is 10.9 Å². The molecule has 2 fully saturated rings. The Morgan fingerprint density at radius 1 is 1.00 bits per heavy atom. The SMILES string of the molecule is O=C(Nc1cc(C(F)(F)F)ccc1N1CCCC1)c1ccc(C2NNNN2)cc1. The molecule has 5 N–H and O–H groups in total. The summed E-state index contributed by atoms with van der Waals surface area (Å²) in [5, 5.41) is 2.67. The summed E-state index contributed by atoms with van der Waals surface area (Å²) in [5.74, 6) is -0.458. The number of amides is 1. The number of alkyl halides is 3. The van der Waals surface area contributed by atoms with E-state index in [0.717, 1.165) is 43.6 Å². The van der Waals surface area contributed by atoms with Gasteiger partial charge in [0, 0.05) is 18.7 Å². The van der Waals surface area contributed by atoms with Gasteiger partial charge in [0.05, 0.1) is 16.9 Å². The highest BCUT2D eigenvalue weighted by Gasteiger charge is 2.32. The van der Waals surface area contributed by atoms with Crippen molar-refractivity contribution in [1.29, 1.82) is 0 Å². The Hall–Kier alpha value is -2.66. The molecular formula is C19H21F3N6O. The number of hydrazine groups is 3. The monoisotopic (exact) mass is 406 g/mol. The van der Waals surface area contributed by atoms with Crippen LogP contribution >= 0.6 is 0 Å².